The second-order valence-corrected chi connectivity index (χ2v) is 5.22. The number of aliphatic hydroxyl groups excluding tert-OH is 1. The first kappa shape index (κ1) is 15.2. The number of nitro groups is 1. The van der Waals surface area contributed by atoms with Crippen LogP contribution in [0.1, 0.15) is 23.7 Å². The third kappa shape index (κ3) is 2.69. The van der Waals surface area contributed by atoms with Gasteiger partial charge in [-0.3, -0.25) is 14.9 Å². The molecule has 0 spiro atoms. The van der Waals surface area contributed by atoms with E-state index < -0.39 is 10.8 Å². The first-order chi connectivity index (χ1) is 10.0. The van der Waals surface area contributed by atoms with Gasteiger partial charge < -0.3 is 15.3 Å². The molecular formula is C14H19N3O4. The lowest BCUT2D eigenvalue weighted by Crippen LogP contribution is -2.40. The molecule has 7 heteroatoms. The summed E-state index contributed by atoms with van der Waals surface area (Å²) in [7, 11) is 1.57. The van der Waals surface area contributed by atoms with Gasteiger partial charge in [0.1, 0.15) is 11.3 Å². The lowest BCUT2D eigenvalue weighted by molar-refractivity contribution is -0.384. The van der Waals surface area contributed by atoms with Crippen molar-refractivity contribution >= 4 is 17.3 Å². The smallest absolute Gasteiger partial charge is 0.305 e. The number of likely N-dealkylation sites (tertiary alicyclic amines) is 1. The Labute approximate surface area is 122 Å². The van der Waals surface area contributed by atoms with Gasteiger partial charge in [0.05, 0.1) is 17.6 Å². The van der Waals surface area contributed by atoms with Crippen LogP contribution in [-0.4, -0.2) is 47.1 Å². The number of benzene rings is 1. The van der Waals surface area contributed by atoms with Gasteiger partial charge in [-0.05, 0) is 24.5 Å². The maximum absolute atomic E-state index is 12.6. The van der Waals surface area contributed by atoms with Gasteiger partial charge in [-0.25, -0.2) is 0 Å². The summed E-state index contributed by atoms with van der Waals surface area (Å²) < 4.78 is 0. The molecule has 2 atom stereocenters. The molecule has 0 radical (unpaired) electrons. The quantitative estimate of drug-likeness (QED) is 0.647. The Kier molecular flexibility index (Phi) is 4.42. The van der Waals surface area contributed by atoms with E-state index in [4.69, 9.17) is 0 Å². The van der Waals surface area contributed by atoms with E-state index in [0.717, 1.165) is 6.42 Å². The Morgan fingerprint density at radius 3 is 2.86 bits per heavy atom. The molecule has 1 aromatic carbocycles. The van der Waals surface area contributed by atoms with Crippen molar-refractivity contribution in [1.82, 2.24) is 4.90 Å². The van der Waals surface area contributed by atoms with Gasteiger partial charge in [0.15, 0.2) is 0 Å². The summed E-state index contributed by atoms with van der Waals surface area (Å²) in [6.45, 7) is 2.34. The summed E-state index contributed by atoms with van der Waals surface area (Å²) in [6.07, 6.45) is 0.788. The summed E-state index contributed by atoms with van der Waals surface area (Å²) in [5, 5.41) is 23.5. The highest BCUT2D eigenvalue weighted by Crippen LogP contribution is 2.32. The number of carbonyl (C=O) groups excluding carboxylic acids is 1. The monoisotopic (exact) mass is 293 g/mol. The summed E-state index contributed by atoms with van der Waals surface area (Å²) in [5.41, 5.74) is 0.138. The van der Waals surface area contributed by atoms with Gasteiger partial charge in [-0.1, -0.05) is 13.0 Å². The first-order valence-electron chi connectivity index (χ1n) is 6.88. The second-order valence-electron chi connectivity index (χ2n) is 5.22. The minimum Gasteiger partial charge on any atom is -0.394 e. The van der Waals surface area contributed by atoms with Crippen LogP contribution in [0.3, 0.4) is 0 Å². The van der Waals surface area contributed by atoms with E-state index in [-0.39, 0.29) is 29.8 Å². The molecule has 1 aromatic rings. The van der Waals surface area contributed by atoms with Crippen molar-refractivity contribution in [1.29, 1.82) is 0 Å². The number of anilines is 1. The zero-order valence-corrected chi connectivity index (χ0v) is 12.1. The van der Waals surface area contributed by atoms with E-state index in [1.54, 1.807) is 19.2 Å². The van der Waals surface area contributed by atoms with Crippen molar-refractivity contribution in [3.05, 3.63) is 33.9 Å². The molecule has 1 saturated heterocycles. The third-order valence-corrected chi connectivity index (χ3v) is 4.05. The molecule has 1 aliphatic rings. The summed E-state index contributed by atoms with van der Waals surface area (Å²) >= 11 is 0. The zero-order chi connectivity index (χ0) is 15.6. The molecule has 0 bridgehead atoms. The molecule has 0 aliphatic carbocycles. The van der Waals surface area contributed by atoms with Gasteiger partial charge in [-0.15, -0.1) is 0 Å². The van der Waals surface area contributed by atoms with Gasteiger partial charge in [0.2, 0.25) is 0 Å². The SMILES string of the molecule is CNc1cccc(C(=O)N2CCC(C)C2CO)c1[N+](=O)[O-]. The van der Waals surface area contributed by atoms with Crippen LogP contribution in [0, 0.1) is 16.0 Å². The zero-order valence-electron chi connectivity index (χ0n) is 12.1. The topological polar surface area (TPSA) is 95.7 Å². The Hall–Kier alpha value is -2.15. The summed E-state index contributed by atoms with van der Waals surface area (Å²) in [6, 6.07) is 4.35. The van der Waals surface area contributed by atoms with Crippen molar-refractivity contribution < 1.29 is 14.8 Å². The minimum atomic E-state index is -0.549. The Morgan fingerprint density at radius 2 is 2.29 bits per heavy atom. The average Bonchev–Trinajstić information content (AvgIpc) is 2.86. The predicted molar refractivity (Wildman–Crippen MR) is 78.3 cm³/mol. The molecule has 2 unspecified atom stereocenters. The van der Waals surface area contributed by atoms with Gasteiger partial charge in [0.25, 0.3) is 5.91 Å². The lowest BCUT2D eigenvalue weighted by Gasteiger charge is -2.25. The molecular weight excluding hydrogens is 274 g/mol. The van der Waals surface area contributed by atoms with Gasteiger partial charge in [-0.2, -0.15) is 0 Å². The maximum Gasteiger partial charge on any atom is 0.305 e. The number of nitro benzene ring substituents is 1. The van der Waals surface area contributed by atoms with Gasteiger partial charge in [0, 0.05) is 13.6 Å². The lowest BCUT2D eigenvalue weighted by atomic mass is 10.0. The Morgan fingerprint density at radius 1 is 1.57 bits per heavy atom. The van der Waals surface area contributed by atoms with E-state index in [1.807, 2.05) is 6.92 Å². The van der Waals surface area contributed by atoms with Crippen molar-refractivity contribution in [3.63, 3.8) is 0 Å². The van der Waals surface area contributed by atoms with Crippen LogP contribution >= 0.6 is 0 Å². The molecule has 2 rings (SSSR count). The Bertz CT molecular complexity index is 561. The number of nitrogens with one attached hydrogen (secondary N) is 1. The van der Waals surface area contributed by atoms with Crippen LogP contribution in [0.15, 0.2) is 18.2 Å². The number of nitrogens with zero attached hydrogens (tertiary/aromatic N) is 2. The molecule has 7 nitrogen and oxygen atoms in total. The van der Waals surface area contributed by atoms with E-state index in [1.165, 1.54) is 11.0 Å². The van der Waals surface area contributed by atoms with Crippen LogP contribution in [-0.2, 0) is 0 Å². The normalized spacial score (nSPS) is 21.4. The fraction of sp³-hybridized carbons (Fsp3) is 0.500. The molecule has 1 heterocycles. The first-order valence-corrected chi connectivity index (χ1v) is 6.88. The molecule has 1 amide bonds. The Balaban J connectivity index is 2.42. The van der Waals surface area contributed by atoms with E-state index in [0.29, 0.717) is 12.2 Å². The highest BCUT2D eigenvalue weighted by atomic mass is 16.6. The molecule has 21 heavy (non-hydrogen) atoms. The standard InChI is InChI=1S/C14H19N3O4/c1-9-6-7-16(12(9)8-18)14(19)10-4-3-5-11(15-2)13(10)17(20)21/h3-5,9,12,15,18H,6-8H2,1-2H3. The largest absolute Gasteiger partial charge is 0.394 e. The highest BCUT2D eigenvalue weighted by molar-refractivity contribution is 6.00. The van der Waals surface area contributed by atoms with Crippen molar-refractivity contribution in [2.75, 3.05) is 25.5 Å². The van der Waals surface area contributed by atoms with Crippen LogP contribution < -0.4 is 5.32 Å². The fourth-order valence-electron chi connectivity index (χ4n) is 2.81. The molecule has 1 aliphatic heterocycles. The van der Waals surface area contributed by atoms with Crippen LogP contribution in [0.5, 0.6) is 0 Å². The highest BCUT2D eigenvalue weighted by Gasteiger charge is 2.37. The van der Waals surface area contributed by atoms with E-state index in [9.17, 15) is 20.0 Å². The number of para-hydroxylation sites is 1. The van der Waals surface area contributed by atoms with Crippen LogP contribution in [0.25, 0.3) is 0 Å². The van der Waals surface area contributed by atoms with Crippen molar-refractivity contribution in [2.45, 2.75) is 19.4 Å². The maximum atomic E-state index is 12.6. The molecule has 114 valence electrons. The molecule has 1 fully saturated rings. The van der Waals surface area contributed by atoms with E-state index in [2.05, 4.69) is 5.32 Å². The van der Waals surface area contributed by atoms with Crippen molar-refractivity contribution in [3.8, 4) is 0 Å². The van der Waals surface area contributed by atoms with E-state index >= 15 is 0 Å². The predicted octanol–water partition coefficient (Wildman–Crippen LogP) is 1.48. The number of rotatable bonds is 4. The van der Waals surface area contributed by atoms with Crippen LogP contribution in [0.4, 0.5) is 11.4 Å². The van der Waals surface area contributed by atoms with Crippen LogP contribution in [0.2, 0.25) is 0 Å². The number of amides is 1. The minimum absolute atomic E-state index is 0.0550. The number of hydrogen-bond acceptors (Lipinski definition) is 5. The second kappa shape index (κ2) is 6.09. The molecule has 0 aromatic heterocycles. The molecule has 0 saturated carbocycles. The average molecular weight is 293 g/mol. The molecule has 2 N–H and O–H groups in total. The number of carbonyl (C=O) groups is 1. The summed E-state index contributed by atoms with van der Waals surface area (Å²) in [5.74, 6) is -0.215. The number of aliphatic hydroxyl groups is 1. The van der Waals surface area contributed by atoms with Gasteiger partial charge >= 0.3 is 5.69 Å². The third-order valence-electron chi connectivity index (χ3n) is 4.05. The number of hydrogen-bond donors (Lipinski definition) is 2. The fourth-order valence-corrected chi connectivity index (χ4v) is 2.81. The van der Waals surface area contributed by atoms with Crippen molar-refractivity contribution in [2.24, 2.45) is 5.92 Å². The summed E-state index contributed by atoms with van der Waals surface area (Å²) in [4.78, 5) is 24.9.